The Hall–Kier alpha value is -1.33. The fourth-order valence-electron chi connectivity index (χ4n) is 1.22. The summed E-state index contributed by atoms with van der Waals surface area (Å²) in [6.07, 6.45) is 0. The molecule has 0 aliphatic carbocycles. The molecule has 0 fully saturated rings. The first-order valence-electron chi connectivity index (χ1n) is 3.98. The fraction of sp³-hybridized carbons (Fsp3) is 0. The molecule has 1 heterocycles. The number of hydrogen-bond donors (Lipinski definition) is 3. The molecule has 0 amide bonds. The van der Waals surface area contributed by atoms with E-state index in [-0.39, 0.29) is 5.46 Å². The van der Waals surface area contributed by atoms with E-state index in [9.17, 15) is 0 Å². The van der Waals surface area contributed by atoms with E-state index in [2.05, 4.69) is 8.08 Å². The maximum absolute atomic E-state index is 9.06. The molecular weight excluding hydrogens is 218 g/mol. The molecule has 0 unspecified atom stereocenters. The Morgan fingerprint density at radius 1 is 1.27 bits per heavy atom. The first-order valence-corrected chi connectivity index (χ1v) is 4.71. The van der Waals surface area contributed by atoms with Crippen LogP contribution >= 0.6 is 0 Å². The lowest BCUT2D eigenvalue weighted by Crippen LogP contribution is -2.50. The molecule has 15 heavy (non-hydrogen) atoms. The molecule has 1 aliphatic heterocycles. The second-order valence-corrected chi connectivity index (χ2v) is 3.24. The van der Waals surface area contributed by atoms with Gasteiger partial charge in [-0.2, -0.15) is 0 Å². The van der Waals surface area contributed by atoms with E-state index in [1.165, 1.54) is 12.1 Å². The van der Waals surface area contributed by atoms with Gasteiger partial charge in [0.15, 0.2) is 0 Å². The summed E-state index contributed by atoms with van der Waals surface area (Å²) < 4.78 is 12.6. The van der Waals surface area contributed by atoms with Crippen molar-refractivity contribution in [3.63, 3.8) is 0 Å². The summed E-state index contributed by atoms with van der Waals surface area (Å²) in [7, 11) is -1.08. The highest BCUT2D eigenvalue weighted by molar-refractivity contribution is 7.55. The molecule has 6 nitrogen and oxygen atoms in total. The summed E-state index contributed by atoms with van der Waals surface area (Å²) in [6, 6.07) is 2.93. The minimum absolute atomic E-state index is 0.254. The highest BCUT2D eigenvalue weighted by Crippen LogP contribution is 1.95. The van der Waals surface area contributed by atoms with Gasteiger partial charge in [-0.05, 0) is 6.07 Å². The highest BCUT2D eigenvalue weighted by atomic mass is 32.1. The van der Waals surface area contributed by atoms with Crippen LogP contribution in [0.25, 0.3) is 0 Å². The Morgan fingerprint density at radius 3 is 2.67 bits per heavy atom. The lowest BCUT2D eigenvalue weighted by atomic mass is 9.79. The summed E-state index contributed by atoms with van der Waals surface area (Å²) in [4.78, 5) is 0. The molecule has 0 bridgehead atoms. The first kappa shape index (κ1) is 10.2. The van der Waals surface area contributed by atoms with Crippen molar-refractivity contribution in [1.82, 2.24) is 8.08 Å². The highest BCUT2D eigenvalue weighted by Gasteiger charge is 2.30. The van der Waals surface area contributed by atoms with Gasteiger partial charge in [0.05, 0.1) is 13.5 Å². The van der Waals surface area contributed by atoms with Crippen LogP contribution in [0.4, 0.5) is 0 Å². The van der Waals surface area contributed by atoms with Crippen molar-refractivity contribution < 1.29 is 19.7 Å². The van der Waals surface area contributed by atoms with Crippen LogP contribution in [-0.4, -0.2) is 29.9 Å². The van der Waals surface area contributed by atoms with Gasteiger partial charge in [-0.3, -0.25) is 0 Å². The van der Waals surface area contributed by atoms with Crippen LogP contribution in [0, 0.1) is 0 Å². The van der Waals surface area contributed by atoms with Gasteiger partial charge in [0, 0.05) is 0 Å². The van der Waals surface area contributed by atoms with Crippen molar-refractivity contribution in [2.45, 2.75) is 0 Å². The van der Waals surface area contributed by atoms with Gasteiger partial charge in [0.1, 0.15) is 0 Å². The van der Waals surface area contributed by atoms with Crippen molar-refractivity contribution in [1.29, 1.82) is 0 Å². The van der Waals surface area contributed by atoms with Gasteiger partial charge in [-0.25, -0.2) is 0 Å². The molecule has 1 aromatic carbocycles. The third-order valence-corrected chi connectivity index (χ3v) is 2.40. The Kier molecular flexibility index (Phi) is 2.75. The lowest BCUT2D eigenvalue weighted by Gasteiger charge is -1.95. The van der Waals surface area contributed by atoms with E-state index in [1.807, 2.05) is 0 Å². The van der Waals surface area contributed by atoms with Crippen molar-refractivity contribution in [3.05, 3.63) is 22.8 Å². The molecule has 0 atom stereocenters. The third kappa shape index (κ3) is 1.75. The molecule has 3 N–H and O–H groups in total. The third-order valence-electron chi connectivity index (χ3n) is 1.87. The number of benzene rings is 1. The topological polar surface area (TPSA) is 98.1 Å². The minimum atomic E-state index is -1.61. The summed E-state index contributed by atoms with van der Waals surface area (Å²) in [5.41, 5.74) is 0.254. The normalized spacial score (nSPS) is 10.9. The van der Waals surface area contributed by atoms with E-state index in [0.717, 1.165) is 11.4 Å². The quantitative estimate of drug-likeness (QED) is 0.358. The minimum Gasteiger partial charge on any atom is -0.532 e. The summed E-state index contributed by atoms with van der Waals surface area (Å²) in [6.45, 7) is 0. The SMILES string of the molecule is O[B]Oc1ccc(B(O)O)c2c1=[N+]=S=[N+]=2. The summed E-state index contributed by atoms with van der Waals surface area (Å²) >= 11 is 0.927. The molecule has 2 rings (SSSR count). The van der Waals surface area contributed by atoms with Gasteiger partial charge in [-0.15, -0.1) is 0 Å². The number of hydrogen-bond acceptors (Lipinski definition) is 4. The molecule has 0 saturated heterocycles. The van der Waals surface area contributed by atoms with Gasteiger partial charge in [0.25, 0.3) is 0 Å². The van der Waals surface area contributed by atoms with E-state index >= 15 is 0 Å². The van der Waals surface area contributed by atoms with Crippen molar-refractivity contribution in [3.8, 4) is 5.75 Å². The average molecular weight is 223 g/mol. The van der Waals surface area contributed by atoms with Crippen LogP contribution in [0.5, 0.6) is 5.75 Å². The average Bonchev–Trinajstić information content (AvgIpc) is 2.66. The molecule has 0 spiro atoms. The van der Waals surface area contributed by atoms with Gasteiger partial charge < -0.3 is 19.7 Å². The van der Waals surface area contributed by atoms with Crippen LogP contribution in [0.2, 0.25) is 0 Å². The van der Waals surface area contributed by atoms with Crippen LogP contribution in [0.1, 0.15) is 0 Å². The Labute approximate surface area is 88.6 Å². The monoisotopic (exact) mass is 223 g/mol. The second-order valence-electron chi connectivity index (χ2n) is 2.71. The zero-order chi connectivity index (χ0) is 10.8. The number of fused-ring (bicyclic) bond motifs is 1. The predicted octanol–water partition coefficient (Wildman–Crippen LogP) is -4.89. The second kappa shape index (κ2) is 4.04. The molecule has 1 aromatic rings. The first-order chi connectivity index (χ1) is 7.24. The summed E-state index contributed by atoms with van der Waals surface area (Å²) in [5, 5.41) is 27.4. The standard InChI is InChI=1S/C6H5B2N2O4S/c11-7-14-4-2-1-3(8(12)13)5-6(4)10-15-9-5/h1-2,11-13H/q+2. The number of rotatable bonds is 3. The van der Waals surface area contributed by atoms with Crippen LogP contribution < -0.4 is 28.9 Å². The predicted molar refractivity (Wildman–Crippen MR) is 54.0 cm³/mol. The van der Waals surface area contributed by atoms with Gasteiger partial charge in [0.2, 0.25) is 5.75 Å². The van der Waals surface area contributed by atoms with Crippen molar-refractivity contribution in [2.75, 3.05) is 0 Å². The molecule has 9 heteroatoms. The summed E-state index contributed by atoms with van der Waals surface area (Å²) in [5.74, 6) is 0.311. The molecule has 0 saturated carbocycles. The smallest absolute Gasteiger partial charge is 0.532 e. The molecule has 1 aliphatic rings. The van der Waals surface area contributed by atoms with Crippen molar-refractivity contribution >= 4 is 31.6 Å². The Morgan fingerprint density at radius 2 is 2.00 bits per heavy atom. The molecule has 73 valence electrons. The van der Waals surface area contributed by atoms with E-state index < -0.39 is 7.12 Å². The maximum atomic E-state index is 9.06. The van der Waals surface area contributed by atoms with E-state index in [1.54, 1.807) is 0 Å². The largest absolute Gasteiger partial charge is 0.700 e. The fourth-order valence-corrected chi connectivity index (χ4v) is 1.80. The molecule has 1 radical (unpaired) electrons. The van der Waals surface area contributed by atoms with Crippen LogP contribution in [0.15, 0.2) is 12.1 Å². The Bertz CT molecular complexity index is 602. The molecular formula is C6H5B2N2O4S+2. The zero-order valence-corrected chi connectivity index (χ0v) is 8.18. The molecule has 0 aromatic heterocycles. The van der Waals surface area contributed by atoms with Crippen LogP contribution in [0.3, 0.4) is 0 Å². The van der Waals surface area contributed by atoms with Gasteiger partial charge >= 0.3 is 36.9 Å². The van der Waals surface area contributed by atoms with E-state index in [0.29, 0.717) is 24.1 Å². The lowest BCUT2D eigenvalue weighted by molar-refractivity contribution is 0.425. The van der Waals surface area contributed by atoms with E-state index in [4.69, 9.17) is 19.7 Å². The Balaban J connectivity index is 2.69. The van der Waals surface area contributed by atoms with Gasteiger partial charge in [-0.1, -0.05) is 6.07 Å². The maximum Gasteiger partial charge on any atom is 0.700 e. The van der Waals surface area contributed by atoms with Crippen molar-refractivity contribution in [2.24, 2.45) is 0 Å². The number of nitrogens with zero attached hydrogens (tertiary/aromatic N) is 2. The van der Waals surface area contributed by atoms with Crippen LogP contribution in [-0.2, 0) is 11.4 Å². The zero-order valence-electron chi connectivity index (χ0n) is 7.36.